The zero-order chi connectivity index (χ0) is 17.4. The third-order valence-electron chi connectivity index (χ3n) is 4.81. The predicted molar refractivity (Wildman–Crippen MR) is 90.9 cm³/mol. The van der Waals surface area contributed by atoms with Crippen LogP contribution in [0.4, 0.5) is 0 Å². The standard InChI is InChI=1S/C17H20N6O2/c1-22-11-18-20-14(22)9-17(25)7-4-8-23(10-17)16(24)15-12-5-2-3-6-13(12)19-21-15/h2-3,5-6,11,25H,4,7-10H2,1H3,(H,19,21). The van der Waals surface area contributed by atoms with E-state index in [1.165, 1.54) is 0 Å². The average Bonchev–Trinajstić information content (AvgIpc) is 3.20. The number of aliphatic hydroxyl groups is 1. The summed E-state index contributed by atoms with van der Waals surface area (Å²) in [4.78, 5) is 14.6. The number of nitrogens with one attached hydrogen (secondary N) is 1. The number of piperidine rings is 1. The lowest BCUT2D eigenvalue weighted by Crippen LogP contribution is -2.51. The molecule has 8 nitrogen and oxygen atoms in total. The summed E-state index contributed by atoms with van der Waals surface area (Å²) in [5.41, 5.74) is 0.233. The fourth-order valence-electron chi connectivity index (χ4n) is 3.47. The molecule has 25 heavy (non-hydrogen) atoms. The van der Waals surface area contributed by atoms with Crippen molar-refractivity contribution in [3.63, 3.8) is 0 Å². The molecule has 3 aromatic rings. The van der Waals surface area contributed by atoms with E-state index in [-0.39, 0.29) is 12.5 Å². The molecule has 1 aromatic carbocycles. The van der Waals surface area contributed by atoms with Gasteiger partial charge in [-0.25, -0.2) is 0 Å². The second-order valence-corrected chi connectivity index (χ2v) is 6.71. The largest absolute Gasteiger partial charge is 0.388 e. The lowest BCUT2D eigenvalue weighted by atomic mass is 9.89. The Morgan fingerprint density at radius 2 is 2.24 bits per heavy atom. The van der Waals surface area contributed by atoms with E-state index in [1.807, 2.05) is 31.3 Å². The second-order valence-electron chi connectivity index (χ2n) is 6.71. The number of β-amino-alcohol motifs (C(OH)–C–C–N with tert-alkyl or cyclic N) is 1. The minimum atomic E-state index is -0.999. The summed E-state index contributed by atoms with van der Waals surface area (Å²) < 4.78 is 1.79. The first-order chi connectivity index (χ1) is 12.1. The molecule has 1 aliphatic rings. The van der Waals surface area contributed by atoms with Crippen LogP contribution in [0.15, 0.2) is 30.6 Å². The van der Waals surface area contributed by atoms with Crippen LogP contribution in [0.5, 0.6) is 0 Å². The third kappa shape index (κ3) is 2.89. The van der Waals surface area contributed by atoms with Gasteiger partial charge in [0.15, 0.2) is 5.69 Å². The summed E-state index contributed by atoms with van der Waals surface area (Å²) in [7, 11) is 1.85. The number of hydrogen-bond donors (Lipinski definition) is 2. The summed E-state index contributed by atoms with van der Waals surface area (Å²) in [6.45, 7) is 0.876. The van der Waals surface area contributed by atoms with E-state index in [9.17, 15) is 9.90 Å². The number of aryl methyl sites for hydroxylation is 1. The molecule has 1 fully saturated rings. The van der Waals surface area contributed by atoms with Crippen molar-refractivity contribution < 1.29 is 9.90 Å². The molecule has 3 heterocycles. The number of carbonyl (C=O) groups is 1. The number of likely N-dealkylation sites (tertiary alicyclic amines) is 1. The average molecular weight is 340 g/mol. The molecule has 0 radical (unpaired) electrons. The smallest absolute Gasteiger partial charge is 0.275 e. The Morgan fingerprint density at radius 3 is 3.04 bits per heavy atom. The van der Waals surface area contributed by atoms with Gasteiger partial charge in [0, 0.05) is 25.4 Å². The monoisotopic (exact) mass is 340 g/mol. The Balaban J connectivity index is 1.56. The van der Waals surface area contributed by atoms with Crippen LogP contribution in [-0.2, 0) is 13.5 Å². The van der Waals surface area contributed by atoms with Crippen LogP contribution in [0.25, 0.3) is 10.9 Å². The van der Waals surface area contributed by atoms with E-state index in [4.69, 9.17) is 0 Å². The van der Waals surface area contributed by atoms with Crippen LogP contribution < -0.4 is 0 Å². The number of carbonyl (C=O) groups excluding carboxylic acids is 1. The van der Waals surface area contributed by atoms with E-state index in [0.29, 0.717) is 30.9 Å². The third-order valence-corrected chi connectivity index (χ3v) is 4.81. The van der Waals surface area contributed by atoms with E-state index >= 15 is 0 Å². The van der Waals surface area contributed by atoms with Gasteiger partial charge in [-0.15, -0.1) is 10.2 Å². The van der Waals surface area contributed by atoms with Crippen molar-refractivity contribution in [1.29, 1.82) is 0 Å². The van der Waals surface area contributed by atoms with Crippen molar-refractivity contribution >= 4 is 16.8 Å². The molecule has 0 spiro atoms. The van der Waals surface area contributed by atoms with Gasteiger partial charge in [0.05, 0.1) is 17.7 Å². The predicted octanol–water partition coefficient (Wildman–Crippen LogP) is 0.901. The van der Waals surface area contributed by atoms with E-state index in [0.717, 1.165) is 17.3 Å². The molecule has 1 unspecified atom stereocenters. The summed E-state index contributed by atoms with van der Waals surface area (Å²) in [5, 5.41) is 26.8. The Morgan fingerprint density at radius 1 is 1.40 bits per heavy atom. The maximum atomic E-state index is 12.9. The highest BCUT2D eigenvalue weighted by molar-refractivity contribution is 6.04. The van der Waals surface area contributed by atoms with Crippen LogP contribution in [0.2, 0.25) is 0 Å². The van der Waals surface area contributed by atoms with Gasteiger partial charge in [-0.05, 0) is 18.9 Å². The molecule has 4 rings (SSSR count). The highest BCUT2D eigenvalue weighted by atomic mass is 16.3. The van der Waals surface area contributed by atoms with Crippen molar-refractivity contribution in [3.05, 3.63) is 42.1 Å². The normalized spacial score (nSPS) is 21.0. The first kappa shape index (κ1) is 15.8. The molecule has 1 saturated heterocycles. The van der Waals surface area contributed by atoms with Crippen LogP contribution >= 0.6 is 0 Å². The van der Waals surface area contributed by atoms with Crippen LogP contribution in [0, 0.1) is 0 Å². The number of para-hydroxylation sites is 1. The molecule has 2 aromatic heterocycles. The molecular formula is C17H20N6O2. The molecule has 0 aliphatic carbocycles. The van der Waals surface area contributed by atoms with Gasteiger partial charge in [-0.2, -0.15) is 5.10 Å². The number of rotatable bonds is 3. The number of benzene rings is 1. The summed E-state index contributed by atoms with van der Waals surface area (Å²) in [6, 6.07) is 7.55. The Hall–Kier alpha value is -2.74. The van der Waals surface area contributed by atoms with Gasteiger partial charge in [-0.1, -0.05) is 18.2 Å². The Bertz CT molecular complexity index is 917. The van der Waals surface area contributed by atoms with Gasteiger partial charge in [0.1, 0.15) is 12.2 Å². The van der Waals surface area contributed by atoms with Crippen LogP contribution in [-0.4, -0.2) is 59.6 Å². The van der Waals surface area contributed by atoms with Crippen molar-refractivity contribution in [2.45, 2.75) is 24.9 Å². The summed E-state index contributed by atoms with van der Waals surface area (Å²) >= 11 is 0. The van der Waals surface area contributed by atoms with Crippen LogP contribution in [0.3, 0.4) is 0 Å². The molecule has 0 bridgehead atoms. The van der Waals surface area contributed by atoms with Crippen molar-refractivity contribution in [2.24, 2.45) is 7.05 Å². The topological polar surface area (TPSA) is 99.9 Å². The molecule has 1 amide bonds. The lowest BCUT2D eigenvalue weighted by Gasteiger charge is -2.38. The summed E-state index contributed by atoms with van der Waals surface area (Å²) in [5.74, 6) is 0.551. The molecule has 130 valence electrons. The van der Waals surface area contributed by atoms with Gasteiger partial charge in [0.2, 0.25) is 0 Å². The second kappa shape index (κ2) is 5.96. The van der Waals surface area contributed by atoms with E-state index in [1.54, 1.807) is 15.8 Å². The Labute approximate surface area is 144 Å². The van der Waals surface area contributed by atoms with Gasteiger partial charge in [-0.3, -0.25) is 9.89 Å². The minimum Gasteiger partial charge on any atom is -0.388 e. The van der Waals surface area contributed by atoms with Crippen LogP contribution in [0.1, 0.15) is 29.2 Å². The number of aromatic nitrogens is 5. The summed E-state index contributed by atoms with van der Waals surface area (Å²) in [6.07, 6.45) is 3.35. The zero-order valence-electron chi connectivity index (χ0n) is 14.0. The van der Waals surface area contributed by atoms with Gasteiger partial charge >= 0.3 is 0 Å². The first-order valence-electron chi connectivity index (χ1n) is 8.33. The first-order valence-corrected chi connectivity index (χ1v) is 8.33. The maximum Gasteiger partial charge on any atom is 0.275 e. The number of hydrogen-bond acceptors (Lipinski definition) is 5. The lowest BCUT2D eigenvalue weighted by molar-refractivity contribution is -0.0259. The minimum absolute atomic E-state index is 0.159. The molecule has 8 heteroatoms. The number of nitrogens with zero attached hydrogens (tertiary/aromatic N) is 5. The van der Waals surface area contributed by atoms with E-state index in [2.05, 4.69) is 20.4 Å². The van der Waals surface area contributed by atoms with Crippen molar-refractivity contribution in [3.8, 4) is 0 Å². The Kier molecular flexibility index (Phi) is 3.76. The number of fused-ring (bicyclic) bond motifs is 1. The highest BCUT2D eigenvalue weighted by Gasteiger charge is 2.37. The molecule has 1 atom stereocenters. The van der Waals surface area contributed by atoms with Gasteiger partial charge in [0.25, 0.3) is 5.91 Å². The quantitative estimate of drug-likeness (QED) is 0.738. The fourth-order valence-corrected chi connectivity index (χ4v) is 3.47. The van der Waals surface area contributed by atoms with Crippen molar-refractivity contribution in [1.82, 2.24) is 29.9 Å². The molecule has 1 aliphatic heterocycles. The number of aromatic amines is 1. The maximum absolute atomic E-state index is 12.9. The van der Waals surface area contributed by atoms with Gasteiger partial charge < -0.3 is 14.6 Å². The zero-order valence-corrected chi connectivity index (χ0v) is 14.0. The number of H-pyrrole nitrogens is 1. The molecule has 0 saturated carbocycles. The SMILES string of the molecule is Cn1cnnc1CC1(O)CCCN(C(=O)c2n[nH]c3ccccc23)C1. The fraction of sp³-hybridized carbons (Fsp3) is 0.412. The molecule has 2 N–H and O–H groups in total. The number of amides is 1. The van der Waals surface area contributed by atoms with E-state index < -0.39 is 5.60 Å². The molecular weight excluding hydrogens is 320 g/mol. The van der Waals surface area contributed by atoms with Crippen molar-refractivity contribution in [2.75, 3.05) is 13.1 Å². The highest BCUT2D eigenvalue weighted by Crippen LogP contribution is 2.26.